The summed E-state index contributed by atoms with van der Waals surface area (Å²) < 4.78 is 0. The SMILES string of the molecule is NC1CC(O)(Cc2ccncc2)C1. The summed E-state index contributed by atoms with van der Waals surface area (Å²) in [7, 11) is 0. The highest BCUT2D eigenvalue weighted by molar-refractivity contribution is 5.15. The van der Waals surface area contributed by atoms with E-state index in [2.05, 4.69) is 4.98 Å². The van der Waals surface area contributed by atoms with E-state index in [-0.39, 0.29) is 6.04 Å². The summed E-state index contributed by atoms with van der Waals surface area (Å²) >= 11 is 0. The van der Waals surface area contributed by atoms with Gasteiger partial charge in [0.2, 0.25) is 0 Å². The number of hydrogen-bond donors (Lipinski definition) is 2. The van der Waals surface area contributed by atoms with E-state index in [1.807, 2.05) is 12.1 Å². The molecular formula is C10H14N2O. The zero-order chi connectivity index (χ0) is 9.31. The number of hydrogen-bond acceptors (Lipinski definition) is 3. The molecule has 1 fully saturated rings. The van der Waals surface area contributed by atoms with Crippen LogP contribution in [-0.2, 0) is 6.42 Å². The maximum absolute atomic E-state index is 9.93. The summed E-state index contributed by atoms with van der Waals surface area (Å²) in [6.45, 7) is 0. The van der Waals surface area contributed by atoms with Crippen LogP contribution in [0.15, 0.2) is 24.5 Å². The summed E-state index contributed by atoms with van der Waals surface area (Å²) in [5.41, 5.74) is 6.21. The lowest BCUT2D eigenvalue weighted by Crippen LogP contribution is -2.52. The molecule has 2 rings (SSSR count). The highest BCUT2D eigenvalue weighted by Crippen LogP contribution is 2.33. The Labute approximate surface area is 77.6 Å². The van der Waals surface area contributed by atoms with Crippen molar-refractivity contribution in [2.75, 3.05) is 0 Å². The van der Waals surface area contributed by atoms with Gasteiger partial charge in [-0.3, -0.25) is 4.98 Å². The zero-order valence-electron chi connectivity index (χ0n) is 7.48. The molecule has 0 atom stereocenters. The van der Waals surface area contributed by atoms with Crippen molar-refractivity contribution in [1.29, 1.82) is 0 Å². The van der Waals surface area contributed by atoms with Gasteiger partial charge in [-0.05, 0) is 30.5 Å². The van der Waals surface area contributed by atoms with E-state index in [9.17, 15) is 5.11 Å². The molecule has 3 heteroatoms. The fraction of sp³-hybridized carbons (Fsp3) is 0.500. The smallest absolute Gasteiger partial charge is 0.0717 e. The molecule has 3 nitrogen and oxygen atoms in total. The van der Waals surface area contributed by atoms with E-state index >= 15 is 0 Å². The lowest BCUT2D eigenvalue weighted by atomic mass is 9.73. The van der Waals surface area contributed by atoms with Crippen LogP contribution in [0.2, 0.25) is 0 Å². The molecule has 0 bridgehead atoms. The second-order valence-corrected chi connectivity index (χ2v) is 3.92. The molecule has 70 valence electrons. The van der Waals surface area contributed by atoms with Gasteiger partial charge >= 0.3 is 0 Å². The van der Waals surface area contributed by atoms with E-state index in [1.54, 1.807) is 12.4 Å². The third-order valence-corrected chi connectivity index (χ3v) is 2.57. The lowest BCUT2D eigenvalue weighted by Gasteiger charge is -2.41. The van der Waals surface area contributed by atoms with Gasteiger partial charge in [0.1, 0.15) is 0 Å². The monoisotopic (exact) mass is 178 g/mol. The number of aliphatic hydroxyl groups is 1. The molecule has 0 spiro atoms. The number of pyridine rings is 1. The third-order valence-electron chi connectivity index (χ3n) is 2.57. The van der Waals surface area contributed by atoms with Crippen LogP contribution in [0.4, 0.5) is 0 Å². The third kappa shape index (κ3) is 1.87. The van der Waals surface area contributed by atoms with Crippen LogP contribution < -0.4 is 5.73 Å². The second-order valence-electron chi connectivity index (χ2n) is 3.92. The van der Waals surface area contributed by atoms with Gasteiger partial charge in [0.15, 0.2) is 0 Å². The van der Waals surface area contributed by atoms with E-state index < -0.39 is 5.60 Å². The summed E-state index contributed by atoms with van der Waals surface area (Å²) in [5, 5.41) is 9.93. The van der Waals surface area contributed by atoms with Crippen LogP contribution >= 0.6 is 0 Å². The van der Waals surface area contributed by atoms with Crippen molar-refractivity contribution in [2.24, 2.45) is 5.73 Å². The Morgan fingerprint density at radius 3 is 2.62 bits per heavy atom. The van der Waals surface area contributed by atoms with Crippen molar-refractivity contribution in [2.45, 2.75) is 30.9 Å². The first-order valence-corrected chi connectivity index (χ1v) is 4.55. The molecule has 0 radical (unpaired) electrons. The first-order valence-electron chi connectivity index (χ1n) is 4.55. The van der Waals surface area contributed by atoms with Gasteiger partial charge in [-0.1, -0.05) is 0 Å². The fourth-order valence-corrected chi connectivity index (χ4v) is 1.94. The molecule has 0 amide bonds. The Balaban J connectivity index is 1.99. The lowest BCUT2D eigenvalue weighted by molar-refractivity contribution is -0.0455. The molecule has 0 aliphatic heterocycles. The van der Waals surface area contributed by atoms with Crippen molar-refractivity contribution in [1.82, 2.24) is 4.98 Å². The molecule has 13 heavy (non-hydrogen) atoms. The Morgan fingerprint density at radius 2 is 2.08 bits per heavy atom. The summed E-state index contributed by atoms with van der Waals surface area (Å²) in [5.74, 6) is 0. The van der Waals surface area contributed by atoms with Crippen LogP contribution in [0.1, 0.15) is 18.4 Å². The molecule has 1 aliphatic rings. The zero-order valence-corrected chi connectivity index (χ0v) is 7.48. The Hall–Kier alpha value is -0.930. The average Bonchev–Trinajstić information content (AvgIpc) is 2.03. The van der Waals surface area contributed by atoms with Gasteiger partial charge in [-0.15, -0.1) is 0 Å². The molecule has 1 aromatic heterocycles. The predicted molar refractivity (Wildman–Crippen MR) is 50.1 cm³/mol. The van der Waals surface area contributed by atoms with Crippen LogP contribution in [-0.4, -0.2) is 21.7 Å². The minimum Gasteiger partial charge on any atom is -0.389 e. The molecule has 0 unspecified atom stereocenters. The van der Waals surface area contributed by atoms with Gasteiger partial charge < -0.3 is 10.8 Å². The van der Waals surface area contributed by atoms with Gasteiger partial charge in [-0.25, -0.2) is 0 Å². The quantitative estimate of drug-likeness (QED) is 0.692. The van der Waals surface area contributed by atoms with E-state index in [1.165, 1.54) is 0 Å². The second kappa shape index (κ2) is 3.09. The molecule has 0 saturated heterocycles. The Bertz CT molecular complexity index is 280. The number of rotatable bonds is 2. The Morgan fingerprint density at radius 1 is 1.46 bits per heavy atom. The standard InChI is InChI=1S/C10H14N2O/c11-9-6-10(13,7-9)5-8-1-3-12-4-2-8/h1-4,9,13H,5-7,11H2. The van der Waals surface area contributed by atoms with Crippen LogP contribution in [0, 0.1) is 0 Å². The van der Waals surface area contributed by atoms with Crippen molar-refractivity contribution in [3.05, 3.63) is 30.1 Å². The number of nitrogens with zero attached hydrogens (tertiary/aromatic N) is 1. The van der Waals surface area contributed by atoms with Gasteiger partial charge in [-0.2, -0.15) is 0 Å². The molecule has 3 N–H and O–H groups in total. The van der Waals surface area contributed by atoms with Crippen LogP contribution in [0.3, 0.4) is 0 Å². The number of aromatic nitrogens is 1. The van der Waals surface area contributed by atoms with Gasteiger partial charge in [0, 0.05) is 24.9 Å². The summed E-state index contributed by atoms with van der Waals surface area (Å²) in [6.07, 6.45) is 5.63. The summed E-state index contributed by atoms with van der Waals surface area (Å²) in [4.78, 5) is 3.93. The topological polar surface area (TPSA) is 59.1 Å². The minimum absolute atomic E-state index is 0.187. The highest BCUT2D eigenvalue weighted by Gasteiger charge is 2.40. The fourth-order valence-electron chi connectivity index (χ4n) is 1.94. The average molecular weight is 178 g/mol. The summed E-state index contributed by atoms with van der Waals surface area (Å²) in [6, 6.07) is 4.05. The van der Waals surface area contributed by atoms with Crippen LogP contribution in [0.25, 0.3) is 0 Å². The highest BCUT2D eigenvalue weighted by atomic mass is 16.3. The first kappa shape index (κ1) is 8.66. The molecule has 1 heterocycles. The van der Waals surface area contributed by atoms with Crippen LogP contribution in [0.5, 0.6) is 0 Å². The van der Waals surface area contributed by atoms with Gasteiger partial charge in [0.05, 0.1) is 5.60 Å². The maximum atomic E-state index is 9.93. The molecule has 1 saturated carbocycles. The molecule has 1 aromatic rings. The van der Waals surface area contributed by atoms with Crippen molar-refractivity contribution >= 4 is 0 Å². The van der Waals surface area contributed by atoms with Crippen molar-refractivity contribution < 1.29 is 5.11 Å². The minimum atomic E-state index is -0.555. The largest absolute Gasteiger partial charge is 0.389 e. The molecule has 1 aliphatic carbocycles. The predicted octanol–water partition coefficient (Wildman–Crippen LogP) is 0.476. The number of nitrogens with two attached hydrogens (primary N) is 1. The normalized spacial score (nSPS) is 32.6. The maximum Gasteiger partial charge on any atom is 0.0717 e. The van der Waals surface area contributed by atoms with Gasteiger partial charge in [0.25, 0.3) is 0 Å². The molecule has 0 aromatic carbocycles. The Kier molecular flexibility index (Phi) is 2.06. The van der Waals surface area contributed by atoms with Crippen molar-refractivity contribution in [3.8, 4) is 0 Å². The van der Waals surface area contributed by atoms with E-state index in [4.69, 9.17) is 5.73 Å². The first-order chi connectivity index (χ1) is 6.18. The van der Waals surface area contributed by atoms with E-state index in [0.29, 0.717) is 6.42 Å². The van der Waals surface area contributed by atoms with E-state index in [0.717, 1.165) is 18.4 Å². The van der Waals surface area contributed by atoms with Crippen molar-refractivity contribution in [3.63, 3.8) is 0 Å². The molecular weight excluding hydrogens is 164 g/mol.